The first-order valence-electron chi connectivity index (χ1n) is 9.62. The van der Waals surface area contributed by atoms with Crippen LogP contribution in [0.1, 0.15) is 33.4 Å². The Morgan fingerprint density at radius 1 is 1.24 bits per heavy atom. The summed E-state index contributed by atoms with van der Waals surface area (Å²) in [6.45, 7) is 7.10. The molecule has 29 heavy (non-hydrogen) atoms. The number of carbonyl (C=O) groups excluding carboxylic acids is 1. The Hall–Kier alpha value is -2.48. The minimum Gasteiger partial charge on any atom is -0.379 e. The van der Waals surface area contributed by atoms with Crippen LogP contribution in [0.3, 0.4) is 0 Å². The molecule has 3 heterocycles. The van der Waals surface area contributed by atoms with E-state index in [0.29, 0.717) is 52.8 Å². The highest BCUT2D eigenvalue weighted by Crippen LogP contribution is 2.25. The van der Waals surface area contributed by atoms with Crippen molar-refractivity contribution in [2.24, 2.45) is 0 Å². The number of aryl methyl sites for hydroxylation is 2. The van der Waals surface area contributed by atoms with Gasteiger partial charge in [-0.05, 0) is 37.6 Å². The standard InChI is InChI=1S/C21H23ClN4O3/c1-13-11-17(19-14(2)25-29-21(19)24-13)20(27)23-12-18(26-7-9-28-10-8-26)15-3-5-16(22)6-4-15/h3-6,11,18H,7-10,12H2,1-2H3,(H,23,27)/t18-/m1/s1. The number of rotatable bonds is 5. The van der Waals surface area contributed by atoms with Crippen LogP contribution in [-0.4, -0.2) is 53.8 Å². The lowest BCUT2D eigenvalue weighted by molar-refractivity contribution is 0.0162. The van der Waals surface area contributed by atoms with Crippen LogP contribution in [0, 0.1) is 13.8 Å². The van der Waals surface area contributed by atoms with Crippen molar-refractivity contribution in [1.82, 2.24) is 20.4 Å². The van der Waals surface area contributed by atoms with E-state index in [-0.39, 0.29) is 11.9 Å². The first-order chi connectivity index (χ1) is 14.0. The van der Waals surface area contributed by atoms with Crippen molar-refractivity contribution in [3.63, 3.8) is 0 Å². The van der Waals surface area contributed by atoms with Gasteiger partial charge in [0.2, 0.25) is 0 Å². The fraction of sp³-hybridized carbons (Fsp3) is 0.381. The predicted molar refractivity (Wildman–Crippen MR) is 110 cm³/mol. The molecule has 0 spiro atoms. The molecule has 1 aliphatic rings. The number of pyridine rings is 1. The van der Waals surface area contributed by atoms with E-state index in [1.54, 1.807) is 6.07 Å². The average Bonchev–Trinajstić information content (AvgIpc) is 3.10. The van der Waals surface area contributed by atoms with E-state index in [4.69, 9.17) is 20.9 Å². The topological polar surface area (TPSA) is 80.5 Å². The van der Waals surface area contributed by atoms with E-state index in [2.05, 4.69) is 20.4 Å². The van der Waals surface area contributed by atoms with Crippen LogP contribution in [0.25, 0.3) is 11.1 Å². The summed E-state index contributed by atoms with van der Waals surface area (Å²) in [4.78, 5) is 19.7. The summed E-state index contributed by atoms with van der Waals surface area (Å²) in [6, 6.07) is 9.57. The Labute approximate surface area is 174 Å². The zero-order valence-electron chi connectivity index (χ0n) is 16.4. The van der Waals surface area contributed by atoms with Gasteiger partial charge in [0.05, 0.1) is 35.9 Å². The van der Waals surface area contributed by atoms with Gasteiger partial charge in [-0.25, -0.2) is 4.98 Å². The van der Waals surface area contributed by atoms with Crippen LogP contribution in [0.5, 0.6) is 0 Å². The SMILES string of the molecule is Cc1cc(C(=O)NC[C@H](c2ccc(Cl)cc2)N2CCOCC2)c2c(C)noc2n1. The van der Waals surface area contributed by atoms with Crippen molar-refractivity contribution in [1.29, 1.82) is 0 Å². The van der Waals surface area contributed by atoms with Crippen molar-refractivity contribution >= 4 is 28.6 Å². The maximum atomic E-state index is 13.1. The number of fused-ring (bicyclic) bond motifs is 1. The highest BCUT2D eigenvalue weighted by Gasteiger charge is 2.24. The number of morpholine rings is 1. The highest BCUT2D eigenvalue weighted by molar-refractivity contribution is 6.30. The predicted octanol–water partition coefficient (Wildman–Crippen LogP) is 3.30. The van der Waals surface area contributed by atoms with Crippen molar-refractivity contribution < 1.29 is 14.1 Å². The molecule has 0 saturated carbocycles. The molecule has 4 rings (SSSR count). The maximum Gasteiger partial charge on any atom is 0.258 e. The van der Waals surface area contributed by atoms with E-state index in [1.807, 2.05) is 38.1 Å². The molecule has 152 valence electrons. The monoisotopic (exact) mass is 414 g/mol. The summed E-state index contributed by atoms with van der Waals surface area (Å²) < 4.78 is 10.7. The van der Waals surface area contributed by atoms with Gasteiger partial charge in [-0.15, -0.1) is 0 Å². The van der Waals surface area contributed by atoms with Crippen LogP contribution >= 0.6 is 11.6 Å². The summed E-state index contributed by atoms with van der Waals surface area (Å²) in [6.07, 6.45) is 0. The lowest BCUT2D eigenvalue weighted by atomic mass is 10.0. The van der Waals surface area contributed by atoms with Crippen LogP contribution < -0.4 is 5.32 Å². The summed E-state index contributed by atoms with van der Waals surface area (Å²) in [5, 5.41) is 8.39. The molecule has 1 atom stereocenters. The van der Waals surface area contributed by atoms with Gasteiger partial charge in [0.15, 0.2) is 0 Å². The molecule has 0 bridgehead atoms. The fourth-order valence-electron chi connectivity index (χ4n) is 3.71. The minimum absolute atomic E-state index is 0.0297. The number of amides is 1. The normalized spacial score (nSPS) is 16.1. The van der Waals surface area contributed by atoms with Gasteiger partial charge in [-0.3, -0.25) is 9.69 Å². The number of hydrogen-bond acceptors (Lipinski definition) is 6. The van der Waals surface area contributed by atoms with Crippen molar-refractivity contribution in [3.8, 4) is 0 Å². The molecule has 0 unspecified atom stereocenters. The van der Waals surface area contributed by atoms with Crippen LogP contribution in [0.4, 0.5) is 0 Å². The van der Waals surface area contributed by atoms with Gasteiger partial charge < -0.3 is 14.6 Å². The molecule has 2 aromatic heterocycles. The van der Waals surface area contributed by atoms with Gasteiger partial charge >= 0.3 is 0 Å². The van der Waals surface area contributed by atoms with E-state index in [1.165, 1.54) is 0 Å². The molecular weight excluding hydrogens is 392 g/mol. The molecule has 0 radical (unpaired) electrons. The molecule has 7 nitrogen and oxygen atoms in total. The fourth-order valence-corrected chi connectivity index (χ4v) is 3.84. The van der Waals surface area contributed by atoms with Gasteiger partial charge in [0, 0.05) is 30.4 Å². The molecule has 0 aliphatic carbocycles. The quantitative estimate of drug-likeness (QED) is 0.690. The number of carbonyl (C=O) groups is 1. The second-order valence-electron chi connectivity index (χ2n) is 7.19. The molecule has 1 N–H and O–H groups in total. The number of benzene rings is 1. The Bertz CT molecular complexity index is 1010. The van der Waals surface area contributed by atoms with Crippen molar-refractivity contribution in [2.45, 2.75) is 19.9 Å². The smallest absolute Gasteiger partial charge is 0.258 e. The molecule has 3 aromatic rings. The summed E-state index contributed by atoms with van der Waals surface area (Å²) in [5.74, 6) is -0.168. The summed E-state index contributed by atoms with van der Waals surface area (Å²) in [5.41, 5.74) is 3.38. The number of nitrogens with one attached hydrogen (secondary N) is 1. The number of ether oxygens (including phenoxy) is 1. The van der Waals surface area contributed by atoms with Gasteiger partial charge in [0.25, 0.3) is 11.6 Å². The minimum atomic E-state index is -0.168. The van der Waals surface area contributed by atoms with E-state index in [9.17, 15) is 4.79 Å². The largest absolute Gasteiger partial charge is 0.379 e. The van der Waals surface area contributed by atoms with Crippen LogP contribution in [0.2, 0.25) is 5.02 Å². The highest BCUT2D eigenvalue weighted by atomic mass is 35.5. The maximum absolute atomic E-state index is 13.1. The second-order valence-corrected chi connectivity index (χ2v) is 7.62. The number of aromatic nitrogens is 2. The molecule has 1 fully saturated rings. The third-order valence-electron chi connectivity index (χ3n) is 5.19. The molecule has 8 heteroatoms. The number of halogens is 1. The Morgan fingerprint density at radius 2 is 1.97 bits per heavy atom. The molecule has 1 amide bonds. The first-order valence-corrected chi connectivity index (χ1v) is 10.00. The first kappa shape index (κ1) is 19.8. The third kappa shape index (κ3) is 4.27. The average molecular weight is 415 g/mol. The Balaban J connectivity index is 1.58. The second kappa shape index (κ2) is 8.49. The summed E-state index contributed by atoms with van der Waals surface area (Å²) in [7, 11) is 0. The number of nitrogens with zero attached hydrogens (tertiary/aromatic N) is 3. The zero-order chi connectivity index (χ0) is 20.4. The van der Waals surface area contributed by atoms with Gasteiger partial charge in [-0.1, -0.05) is 28.9 Å². The third-order valence-corrected chi connectivity index (χ3v) is 5.44. The molecule has 1 saturated heterocycles. The van der Waals surface area contributed by atoms with Crippen LogP contribution in [0.15, 0.2) is 34.9 Å². The van der Waals surface area contributed by atoms with E-state index in [0.717, 1.165) is 18.7 Å². The zero-order valence-corrected chi connectivity index (χ0v) is 17.2. The molecule has 1 aromatic carbocycles. The Morgan fingerprint density at radius 3 is 2.69 bits per heavy atom. The van der Waals surface area contributed by atoms with Crippen molar-refractivity contribution in [3.05, 3.63) is 57.9 Å². The van der Waals surface area contributed by atoms with E-state index < -0.39 is 0 Å². The van der Waals surface area contributed by atoms with Gasteiger partial charge in [-0.2, -0.15) is 0 Å². The number of hydrogen-bond donors (Lipinski definition) is 1. The summed E-state index contributed by atoms with van der Waals surface area (Å²) >= 11 is 6.06. The lowest BCUT2D eigenvalue weighted by Gasteiger charge is -2.35. The molecular formula is C21H23ClN4O3. The Kier molecular flexibility index (Phi) is 5.80. The molecule has 1 aliphatic heterocycles. The van der Waals surface area contributed by atoms with E-state index >= 15 is 0 Å². The van der Waals surface area contributed by atoms with Crippen molar-refractivity contribution in [2.75, 3.05) is 32.8 Å². The lowest BCUT2D eigenvalue weighted by Crippen LogP contribution is -2.43. The van der Waals surface area contributed by atoms with Crippen LogP contribution in [-0.2, 0) is 4.74 Å². The van der Waals surface area contributed by atoms with Gasteiger partial charge in [0.1, 0.15) is 0 Å².